The molecule has 1 aliphatic heterocycles. The van der Waals surface area contributed by atoms with Gasteiger partial charge in [-0.1, -0.05) is 178 Å². The van der Waals surface area contributed by atoms with Crippen molar-refractivity contribution < 1.29 is 0 Å². The van der Waals surface area contributed by atoms with Crippen molar-refractivity contribution in [2.45, 2.75) is 19.3 Å². The van der Waals surface area contributed by atoms with E-state index < -0.39 is 0 Å². The van der Waals surface area contributed by atoms with Crippen LogP contribution >= 0.6 is 0 Å². The van der Waals surface area contributed by atoms with Crippen molar-refractivity contribution in [2.24, 2.45) is 9.98 Å². The molecule has 2 aromatic heterocycles. The molecule has 1 aliphatic carbocycles. The van der Waals surface area contributed by atoms with Crippen LogP contribution in [-0.4, -0.2) is 26.6 Å². The van der Waals surface area contributed by atoms with Crippen molar-refractivity contribution in [3.05, 3.63) is 204 Å². The van der Waals surface area contributed by atoms with Gasteiger partial charge in [-0.3, -0.25) is 9.98 Å². The molecule has 62 heavy (non-hydrogen) atoms. The Labute approximate surface area is 358 Å². The van der Waals surface area contributed by atoms with Crippen LogP contribution in [0.4, 0.5) is 0 Å². The minimum absolute atomic E-state index is 0.0610. The second-order valence-electron chi connectivity index (χ2n) is 16.6. The third kappa shape index (κ3) is 5.79. The van der Waals surface area contributed by atoms with E-state index in [1.54, 1.807) is 0 Å². The molecule has 6 heteroatoms. The van der Waals surface area contributed by atoms with Crippen LogP contribution in [-0.2, 0) is 5.41 Å². The van der Waals surface area contributed by atoms with Crippen LogP contribution in [0.2, 0.25) is 0 Å². The number of benzene rings is 8. The Morgan fingerprint density at radius 2 is 0.903 bits per heavy atom. The zero-order valence-corrected chi connectivity index (χ0v) is 34.2. The summed E-state index contributed by atoms with van der Waals surface area (Å²) in [6.45, 7) is 5.04. The fourth-order valence-corrected chi connectivity index (χ4v) is 9.45. The highest BCUT2D eigenvalue weighted by Gasteiger charge is 2.35. The molecule has 0 atom stereocenters. The number of hydrogen-bond donors (Lipinski definition) is 0. The van der Waals surface area contributed by atoms with Crippen LogP contribution in [0.1, 0.15) is 25.0 Å². The van der Waals surface area contributed by atoms with Gasteiger partial charge in [0.15, 0.2) is 17.5 Å². The number of rotatable bonds is 6. The highest BCUT2D eigenvalue weighted by Crippen LogP contribution is 2.49. The Hall–Kier alpha value is -7.96. The van der Waals surface area contributed by atoms with Crippen molar-refractivity contribution in [1.29, 1.82) is 0 Å². The van der Waals surface area contributed by atoms with Gasteiger partial charge in [0.2, 0.25) is 0 Å². The third-order valence-corrected chi connectivity index (χ3v) is 12.6. The molecule has 0 N–H and O–H groups in total. The Bertz CT molecular complexity index is 3540. The maximum Gasteiger partial charge on any atom is 0.164 e. The highest BCUT2D eigenvalue weighted by molar-refractivity contribution is 6.11. The molecule has 0 unspecified atom stereocenters. The Morgan fingerprint density at radius 3 is 1.61 bits per heavy atom. The molecule has 0 saturated carbocycles. The van der Waals surface area contributed by atoms with E-state index >= 15 is 0 Å². The van der Waals surface area contributed by atoms with Crippen LogP contribution < -0.4 is 10.7 Å². The van der Waals surface area contributed by atoms with Gasteiger partial charge in [0.05, 0.1) is 21.9 Å². The smallest absolute Gasteiger partial charge is 0.164 e. The van der Waals surface area contributed by atoms with Crippen LogP contribution in [0, 0.1) is 0 Å². The van der Waals surface area contributed by atoms with E-state index in [0.717, 1.165) is 77.0 Å². The van der Waals surface area contributed by atoms with Gasteiger partial charge in [-0.15, -0.1) is 0 Å². The van der Waals surface area contributed by atoms with Gasteiger partial charge in [-0.05, 0) is 57.1 Å². The van der Waals surface area contributed by atoms with E-state index in [4.69, 9.17) is 29.9 Å². The number of fused-ring (bicyclic) bond motifs is 8. The summed E-state index contributed by atoms with van der Waals surface area (Å²) < 4.78 is 0. The first-order chi connectivity index (χ1) is 30.5. The normalized spacial score (nSPS) is 13.3. The van der Waals surface area contributed by atoms with Crippen LogP contribution in [0.3, 0.4) is 0 Å². The summed E-state index contributed by atoms with van der Waals surface area (Å²) in [7, 11) is 0. The standard InChI is InChI=1S/C56H38N6/c1-56(2)46-19-11-9-17-41(46)42-30-29-40(31-47(42)56)34-21-25-38(26-22-34)54-60-53(37-15-7-4-8-16-37)61-55(62-54)39-27-23-35(24-28-39)44-32-45-49(52-51(44)57-33-58-52)43-18-10-12-20-48(43)59-50(45)36-13-5-3-6-14-36/h3-32H,33H2,1-2H3. The summed E-state index contributed by atoms with van der Waals surface area (Å²) in [6, 6.07) is 63.8. The van der Waals surface area contributed by atoms with Crippen LogP contribution in [0.15, 0.2) is 192 Å². The molecule has 0 fully saturated rings. The Balaban J connectivity index is 0.933. The molecule has 6 nitrogen and oxygen atoms in total. The van der Waals surface area contributed by atoms with Crippen LogP contribution in [0.5, 0.6) is 0 Å². The highest BCUT2D eigenvalue weighted by atomic mass is 15.0. The molecule has 0 saturated heterocycles. The number of nitrogens with zero attached hydrogens (tertiary/aromatic N) is 6. The predicted octanol–water partition coefficient (Wildman–Crippen LogP) is 12.1. The fraction of sp³-hybridized carbons (Fsp3) is 0.0714. The van der Waals surface area contributed by atoms with Crippen molar-refractivity contribution >= 4 is 21.7 Å². The number of para-hydroxylation sites is 1. The number of hydrogen-bond acceptors (Lipinski definition) is 6. The molecule has 0 amide bonds. The van der Waals surface area contributed by atoms with Gasteiger partial charge in [0.25, 0.3) is 0 Å². The lowest BCUT2D eigenvalue weighted by atomic mass is 9.81. The largest absolute Gasteiger partial charge is 0.259 e. The molecular weight excluding hydrogens is 757 g/mol. The first kappa shape index (κ1) is 35.9. The van der Waals surface area contributed by atoms with E-state index in [0.29, 0.717) is 24.1 Å². The van der Waals surface area contributed by atoms with E-state index in [9.17, 15) is 0 Å². The van der Waals surface area contributed by atoms with Gasteiger partial charge >= 0.3 is 0 Å². The fourth-order valence-electron chi connectivity index (χ4n) is 9.45. The maximum absolute atomic E-state index is 5.20. The van der Waals surface area contributed by atoms with Crippen molar-refractivity contribution in [3.63, 3.8) is 0 Å². The van der Waals surface area contributed by atoms with Gasteiger partial charge in [0, 0.05) is 49.4 Å². The van der Waals surface area contributed by atoms with Gasteiger partial charge < -0.3 is 0 Å². The Kier molecular flexibility index (Phi) is 8.16. The first-order valence-electron chi connectivity index (χ1n) is 21.1. The van der Waals surface area contributed by atoms with E-state index in [-0.39, 0.29) is 5.41 Å². The van der Waals surface area contributed by atoms with Crippen molar-refractivity contribution in [2.75, 3.05) is 6.67 Å². The summed E-state index contributed by atoms with van der Waals surface area (Å²) in [6.07, 6.45) is 0. The molecule has 12 rings (SSSR count). The van der Waals surface area contributed by atoms with E-state index in [2.05, 4.69) is 153 Å². The molecule has 8 aromatic carbocycles. The Morgan fingerprint density at radius 1 is 0.371 bits per heavy atom. The predicted molar refractivity (Wildman–Crippen MR) is 250 cm³/mol. The average Bonchev–Trinajstić information content (AvgIpc) is 3.92. The third-order valence-electron chi connectivity index (χ3n) is 12.6. The summed E-state index contributed by atoms with van der Waals surface area (Å²) in [5, 5.41) is 5.05. The average molecular weight is 795 g/mol. The first-order valence-corrected chi connectivity index (χ1v) is 21.1. The quantitative estimate of drug-likeness (QED) is 0.157. The summed E-state index contributed by atoms with van der Waals surface area (Å²) in [4.78, 5) is 30.3. The monoisotopic (exact) mass is 794 g/mol. The summed E-state index contributed by atoms with van der Waals surface area (Å²) in [5.74, 6) is 1.85. The summed E-state index contributed by atoms with van der Waals surface area (Å²) >= 11 is 0. The van der Waals surface area contributed by atoms with E-state index in [1.165, 1.54) is 27.8 Å². The maximum atomic E-state index is 5.20. The molecule has 3 heterocycles. The minimum atomic E-state index is -0.0610. The molecule has 0 bridgehead atoms. The lowest BCUT2D eigenvalue weighted by molar-refractivity contribution is 0.660. The molecule has 2 aliphatic rings. The van der Waals surface area contributed by atoms with Crippen molar-refractivity contribution in [1.82, 2.24) is 19.9 Å². The second kappa shape index (κ2) is 14.1. The number of aromatic nitrogens is 4. The number of pyridine rings is 1. The second-order valence-corrected chi connectivity index (χ2v) is 16.6. The topological polar surface area (TPSA) is 76.3 Å². The van der Waals surface area contributed by atoms with Gasteiger partial charge in [-0.2, -0.15) is 0 Å². The summed E-state index contributed by atoms with van der Waals surface area (Å²) in [5.41, 5.74) is 15.4. The zero-order chi connectivity index (χ0) is 41.4. The van der Waals surface area contributed by atoms with Crippen LogP contribution in [0.25, 0.3) is 100 Å². The lowest BCUT2D eigenvalue weighted by Gasteiger charge is -2.22. The SMILES string of the molecule is CC1(C)c2ccccc2-c2ccc(-c3ccc(-c4nc(-c5ccccc5)nc(-c5ccc(-c6cc7c(-c8ccccc8)nc8ccccc8c7c7c6=NCN=7)cc5)n4)cc3)cc21. The van der Waals surface area contributed by atoms with Gasteiger partial charge in [0.1, 0.15) is 6.67 Å². The minimum Gasteiger partial charge on any atom is -0.259 e. The molecule has 10 aromatic rings. The van der Waals surface area contributed by atoms with E-state index in [1.807, 2.05) is 42.5 Å². The van der Waals surface area contributed by atoms with Gasteiger partial charge in [-0.25, -0.2) is 19.9 Å². The zero-order valence-electron chi connectivity index (χ0n) is 34.2. The molecule has 292 valence electrons. The van der Waals surface area contributed by atoms with Crippen molar-refractivity contribution in [3.8, 4) is 78.8 Å². The lowest BCUT2D eigenvalue weighted by Crippen LogP contribution is -2.25. The molecule has 0 radical (unpaired) electrons. The molecule has 0 spiro atoms. The molecular formula is C56H38N6.